The highest BCUT2D eigenvalue weighted by Gasteiger charge is 2.32. The van der Waals surface area contributed by atoms with Crippen LogP contribution >= 0.6 is 15.9 Å². The van der Waals surface area contributed by atoms with Gasteiger partial charge in [-0.3, -0.25) is 4.79 Å². The molecule has 1 aromatic carbocycles. The number of hydrogen-bond donors (Lipinski definition) is 1. The number of carbonyl (C=O) groups excluding carboxylic acids is 1. The monoisotopic (exact) mass is 315 g/mol. The normalized spacial score (nSPS) is 11.6. The molecular weight excluding hydrogens is 297 g/mol. The molecule has 0 fully saturated rings. The largest absolute Gasteiger partial charge is 0.329 e. The molecule has 0 saturated heterocycles. The van der Waals surface area contributed by atoms with E-state index < -0.39 is 5.41 Å². The molecule has 0 aromatic heterocycles. The van der Waals surface area contributed by atoms with Gasteiger partial charge in [0.15, 0.2) is 0 Å². The summed E-state index contributed by atoms with van der Waals surface area (Å²) in [6.07, 6.45) is 1.78. The van der Waals surface area contributed by atoms with Crippen LogP contribution < -0.4 is 5.73 Å². The lowest BCUT2D eigenvalue weighted by atomic mass is 9.76. The van der Waals surface area contributed by atoms with E-state index in [0.29, 0.717) is 17.4 Å². The summed E-state index contributed by atoms with van der Waals surface area (Å²) in [4.78, 5) is 12.3. The van der Waals surface area contributed by atoms with Gasteiger partial charge in [0.25, 0.3) is 0 Å². The van der Waals surface area contributed by atoms with Crippen molar-refractivity contribution in [2.45, 2.75) is 33.1 Å². The fraction of sp³-hybridized carbons (Fsp3) is 0.500. The number of carbonyl (C=O) groups is 1. The Labute approximate surface area is 116 Å². The average Bonchev–Trinajstić information content (AvgIpc) is 2.37. The fourth-order valence-corrected chi connectivity index (χ4v) is 2.50. The lowest BCUT2D eigenvalue weighted by Crippen LogP contribution is -2.38. The van der Waals surface area contributed by atoms with E-state index in [1.807, 2.05) is 13.8 Å². The zero-order valence-corrected chi connectivity index (χ0v) is 12.4. The first-order valence-corrected chi connectivity index (χ1v) is 6.95. The van der Waals surface area contributed by atoms with Crippen LogP contribution in [0.4, 0.5) is 4.39 Å². The molecule has 0 aliphatic carbocycles. The molecule has 2 nitrogen and oxygen atoms in total. The Hall–Kier alpha value is -0.740. The van der Waals surface area contributed by atoms with Crippen LogP contribution in [-0.4, -0.2) is 12.3 Å². The maximum Gasteiger partial charge on any atom is 0.144 e. The molecule has 1 aromatic rings. The highest BCUT2D eigenvalue weighted by Crippen LogP contribution is 2.28. The fourth-order valence-electron chi connectivity index (χ4n) is 2.07. The van der Waals surface area contributed by atoms with E-state index >= 15 is 0 Å². The van der Waals surface area contributed by atoms with Crippen LogP contribution in [0.5, 0.6) is 0 Å². The Morgan fingerprint density at radius 2 is 2.00 bits per heavy atom. The van der Waals surface area contributed by atoms with Crippen LogP contribution in [0.25, 0.3) is 0 Å². The van der Waals surface area contributed by atoms with Gasteiger partial charge in [-0.1, -0.05) is 19.9 Å². The first-order chi connectivity index (χ1) is 8.49. The molecule has 0 bridgehead atoms. The van der Waals surface area contributed by atoms with Gasteiger partial charge >= 0.3 is 0 Å². The van der Waals surface area contributed by atoms with E-state index in [2.05, 4.69) is 15.9 Å². The van der Waals surface area contributed by atoms with Gasteiger partial charge in [0.2, 0.25) is 0 Å². The van der Waals surface area contributed by atoms with Crippen molar-refractivity contribution < 1.29 is 9.18 Å². The van der Waals surface area contributed by atoms with Crippen LogP contribution in [0.15, 0.2) is 22.7 Å². The molecule has 0 unspecified atom stereocenters. The van der Waals surface area contributed by atoms with Crippen LogP contribution in [0.3, 0.4) is 0 Å². The summed E-state index contributed by atoms with van der Waals surface area (Å²) < 4.78 is 13.5. The molecule has 0 amide bonds. The molecule has 0 radical (unpaired) electrons. The Morgan fingerprint density at radius 1 is 1.39 bits per heavy atom. The van der Waals surface area contributed by atoms with Gasteiger partial charge < -0.3 is 5.73 Å². The van der Waals surface area contributed by atoms with Gasteiger partial charge in [-0.25, -0.2) is 4.39 Å². The molecule has 0 aliphatic rings. The van der Waals surface area contributed by atoms with Crippen molar-refractivity contribution in [2.24, 2.45) is 11.1 Å². The molecule has 1 rings (SSSR count). The van der Waals surface area contributed by atoms with E-state index in [-0.39, 0.29) is 11.6 Å². The number of halogens is 2. The quantitative estimate of drug-likeness (QED) is 0.873. The zero-order chi connectivity index (χ0) is 13.8. The third-order valence-electron chi connectivity index (χ3n) is 3.68. The summed E-state index contributed by atoms with van der Waals surface area (Å²) in [5.74, 6) is -0.184. The van der Waals surface area contributed by atoms with Gasteiger partial charge in [0.05, 0.1) is 4.47 Å². The van der Waals surface area contributed by atoms with Crippen molar-refractivity contribution in [3.05, 3.63) is 34.1 Å². The molecule has 2 N–H and O–H groups in total. The molecular formula is C14H19BrFNO. The molecule has 0 aliphatic heterocycles. The Bertz CT molecular complexity index is 422. The predicted molar refractivity (Wildman–Crippen MR) is 74.9 cm³/mol. The van der Waals surface area contributed by atoms with Crippen molar-refractivity contribution in [1.29, 1.82) is 0 Å². The van der Waals surface area contributed by atoms with Crippen LogP contribution in [0, 0.1) is 11.2 Å². The lowest BCUT2D eigenvalue weighted by Gasteiger charge is -2.28. The number of ketones is 1. The summed E-state index contributed by atoms with van der Waals surface area (Å²) in [5.41, 5.74) is 6.12. The van der Waals surface area contributed by atoms with E-state index in [1.54, 1.807) is 12.1 Å². The Balaban J connectivity index is 2.89. The first-order valence-electron chi connectivity index (χ1n) is 6.16. The van der Waals surface area contributed by atoms with Gasteiger partial charge in [0, 0.05) is 18.4 Å². The predicted octanol–water partition coefficient (Wildman–Crippen LogP) is 3.46. The van der Waals surface area contributed by atoms with E-state index in [4.69, 9.17) is 5.73 Å². The molecule has 0 heterocycles. The van der Waals surface area contributed by atoms with Crippen molar-refractivity contribution >= 4 is 21.7 Å². The maximum atomic E-state index is 13.1. The average molecular weight is 316 g/mol. The third kappa shape index (κ3) is 3.18. The second-order valence-electron chi connectivity index (χ2n) is 4.54. The minimum atomic E-state index is -0.444. The number of nitrogens with two attached hydrogens (primary N) is 1. The van der Waals surface area contributed by atoms with Crippen molar-refractivity contribution in [3.63, 3.8) is 0 Å². The molecule has 100 valence electrons. The molecule has 4 heteroatoms. The summed E-state index contributed by atoms with van der Waals surface area (Å²) in [7, 11) is 0. The maximum absolute atomic E-state index is 13.1. The lowest BCUT2D eigenvalue weighted by molar-refractivity contribution is -0.128. The Morgan fingerprint density at radius 3 is 2.44 bits per heavy atom. The molecule has 18 heavy (non-hydrogen) atoms. The summed E-state index contributed by atoms with van der Waals surface area (Å²) in [5, 5.41) is 0. The minimum absolute atomic E-state index is 0.133. The van der Waals surface area contributed by atoms with Crippen LogP contribution in [-0.2, 0) is 11.2 Å². The van der Waals surface area contributed by atoms with Gasteiger partial charge in [0.1, 0.15) is 11.6 Å². The van der Waals surface area contributed by atoms with Crippen molar-refractivity contribution in [1.82, 2.24) is 0 Å². The zero-order valence-electron chi connectivity index (χ0n) is 10.8. The van der Waals surface area contributed by atoms with Gasteiger partial charge in [-0.05, 0) is 46.5 Å². The highest BCUT2D eigenvalue weighted by molar-refractivity contribution is 9.10. The van der Waals surface area contributed by atoms with Crippen molar-refractivity contribution in [3.8, 4) is 0 Å². The number of Topliss-reactive ketones (excluding diaryl/α,β-unsaturated/α-hetero) is 1. The number of hydrogen-bond acceptors (Lipinski definition) is 2. The summed E-state index contributed by atoms with van der Waals surface area (Å²) in [6.45, 7) is 4.32. The smallest absolute Gasteiger partial charge is 0.144 e. The second kappa shape index (κ2) is 6.43. The number of benzene rings is 1. The topological polar surface area (TPSA) is 43.1 Å². The molecule has 0 saturated carbocycles. The third-order valence-corrected chi connectivity index (χ3v) is 4.29. The Kier molecular flexibility index (Phi) is 5.47. The van der Waals surface area contributed by atoms with Gasteiger partial charge in [-0.15, -0.1) is 0 Å². The SMILES string of the molecule is CCC(CC)(CN)C(=O)Cc1ccc(F)c(Br)c1. The van der Waals surface area contributed by atoms with E-state index in [9.17, 15) is 9.18 Å². The highest BCUT2D eigenvalue weighted by atomic mass is 79.9. The minimum Gasteiger partial charge on any atom is -0.329 e. The van der Waals surface area contributed by atoms with E-state index in [1.165, 1.54) is 6.07 Å². The second-order valence-corrected chi connectivity index (χ2v) is 5.39. The first kappa shape index (κ1) is 15.3. The standard InChI is InChI=1S/C14H19BrFNO/c1-3-14(4-2,9-17)13(18)8-10-5-6-12(16)11(15)7-10/h5-7H,3-4,8-9,17H2,1-2H3. The van der Waals surface area contributed by atoms with Crippen LogP contribution in [0.2, 0.25) is 0 Å². The van der Waals surface area contributed by atoms with Gasteiger partial charge in [-0.2, -0.15) is 0 Å². The molecule has 0 atom stereocenters. The van der Waals surface area contributed by atoms with Crippen molar-refractivity contribution in [2.75, 3.05) is 6.54 Å². The van der Waals surface area contributed by atoms with Crippen LogP contribution in [0.1, 0.15) is 32.3 Å². The summed E-state index contributed by atoms with van der Waals surface area (Å²) in [6, 6.07) is 4.67. The van der Waals surface area contributed by atoms with E-state index in [0.717, 1.165) is 18.4 Å². The molecule has 0 spiro atoms. The number of rotatable bonds is 6. The summed E-state index contributed by atoms with van der Waals surface area (Å²) >= 11 is 3.13.